The molecule has 1 aliphatic heterocycles. The quantitative estimate of drug-likeness (QED) is 0.749. The lowest BCUT2D eigenvalue weighted by Gasteiger charge is -2.28. The minimum absolute atomic E-state index is 0.312. The lowest BCUT2D eigenvalue weighted by molar-refractivity contribution is -0.119. The molecular formula is C14H17NO3. The van der Waals surface area contributed by atoms with Crippen molar-refractivity contribution in [1.29, 1.82) is 0 Å². The molecule has 0 aliphatic carbocycles. The van der Waals surface area contributed by atoms with Crippen LogP contribution in [0, 0.1) is 6.92 Å². The van der Waals surface area contributed by atoms with E-state index in [4.69, 9.17) is 4.74 Å². The van der Waals surface area contributed by atoms with Crippen molar-refractivity contribution in [2.75, 3.05) is 25.1 Å². The molecule has 0 spiro atoms. The average Bonchev–Trinajstić information content (AvgIpc) is 2.39. The highest BCUT2D eigenvalue weighted by Crippen LogP contribution is 2.22. The maximum Gasteiger partial charge on any atom is 0.338 e. The van der Waals surface area contributed by atoms with Crippen LogP contribution >= 0.6 is 0 Å². The minimum Gasteiger partial charge on any atom is -0.465 e. The summed E-state index contributed by atoms with van der Waals surface area (Å²) in [6.45, 7) is 3.33. The molecule has 2 rings (SSSR count). The van der Waals surface area contributed by atoms with E-state index in [0.717, 1.165) is 24.3 Å². The first-order valence-corrected chi connectivity index (χ1v) is 6.07. The second kappa shape index (κ2) is 5.21. The predicted molar refractivity (Wildman–Crippen MR) is 69.0 cm³/mol. The van der Waals surface area contributed by atoms with Crippen LogP contribution in [0.15, 0.2) is 18.2 Å². The van der Waals surface area contributed by atoms with Crippen molar-refractivity contribution in [3.63, 3.8) is 0 Å². The predicted octanol–water partition coefficient (Wildman–Crippen LogP) is 1.95. The molecule has 0 amide bonds. The maximum absolute atomic E-state index is 11.6. The number of Topliss-reactive ketones (excluding diaryl/α,β-unsaturated/α-hetero) is 1. The van der Waals surface area contributed by atoms with Gasteiger partial charge in [0, 0.05) is 31.6 Å². The van der Waals surface area contributed by atoms with Crippen molar-refractivity contribution >= 4 is 17.4 Å². The van der Waals surface area contributed by atoms with Crippen LogP contribution in [0.25, 0.3) is 0 Å². The Morgan fingerprint density at radius 1 is 1.28 bits per heavy atom. The van der Waals surface area contributed by atoms with Gasteiger partial charge < -0.3 is 9.64 Å². The molecule has 0 N–H and O–H groups in total. The summed E-state index contributed by atoms with van der Waals surface area (Å²) in [6, 6.07) is 5.74. The summed E-state index contributed by atoms with van der Waals surface area (Å²) in [7, 11) is 1.38. The SMILES string of the molecule is COC(=O)c1cc(N2CCC(=O)CC2)ccc1C. The number of aryl methyl sites for hydroxylation is 1. The molecule has 0 radical (unpaired) electrons. The molecule has 1 fully saturated rings. The van der Waals surface area contributed by atoms with Crippen LogP contribution in [-0.2, 0) is 9.53 Å². The summed E-state index contributed by atoms with van der Waals surface area (Å²) in [5.74, 6) is -0.00557. The van der Waals surface area contributed by atoms with Gasteiger partial charge >= 0.3 is 5.97 Å². The van der Waals surface area contributed by atoms with Gasteiger partial charge in [-0.3, -0.25) is 4.79 Å². The van der Waals surface area contributed by atoms with Gasteiger partial charge in [-0.2, -0.15) is 0 Å². The fourth-order valence-electron chi connectivity index (χ4n) is 2.15. The van der Waals surface area contributed by atoms with Crippen molar-refractivity contribution in [2.45, 2.75) is 19.8 Å². The van der Waals surface area contributed by atoms with Crippen LogP contribution in [0.5, 0.6) is 0 Å². The van der Waals surface area contributed by atoms with Gasteiger partial charge in [0.05, 0.1) is 12.7 Å². The standard InChI is InChI=1S/C14H17NO3/c1-10-3-4-11(9-13(10)14(17)18-2)15-7-5-12(16)6-8-15/h3-4,9H,5-8H2,1-2H3. The van der Waals surface area contributed by atoms with E-state index in [1.807, 2.05) is 25.1 Å². The average molecular weight is 247 g/mol. The summed E-state index contributed by atoms with van der Waals surface area (Å²) < 4.78 is 4.76. The Kier molecular flexibility index (Phi) is 3.65. The highest BCUT2D eigenvalue weighted by molar-refractivity contribution is 5.92. The van der Waals surface area contributed by atoms with Gasteiger partial charge in [0.1, 0.15) is 5.78 Å². The van der Waals surface area contributed by atoms with Crippen LogP contribution in [-0.4, -0.2) is 32.0 Å². The molecule has 0 unspecified atom stereocenters. The normalized spacial score (nSPS) is 15.7. The Bertz CT molecular complexity index is 472. The van der Waals surface area contributed by atoms with E-state index in [9.17, 15) is 9.59 Å². The Labute approximate surface area is 107 Å². The first-order chi connectivity index (χ1) is 8.61. The molecule has 0 bridgehead atoms. The zero-order valence-corrected chi connectivity index (χ0v) is 10.7. The number of hydrogen-bond donors (Lipinski definition) is 0. The largest absolute Gasteiger partial charge is 0.465 e. The molecule has 1 aromatic rings. The summed E-state index contributed by atoms with van der Waals surface area (Å²) in [5.41, 5.74) is 2.47. The lowest BCUT2D eigenvalue weighted by Crippen LogP contribution is -2.33. The molecule has 1 heterocycles. The number of methoxy groups -OCH3 is 1. The first kappa shape index (κ1) is 12.6. The highest BCUT2D eigenvalue weighted by Gasteiger charge is 2.18. The molecule has 1 aliphatic rings. The van der Waals surface area contributed by atoms with Gasteiger partial charge in [-0.15, -0.1) is 0 Å². The first-order valence-electron chi connectivity index (χ1n) is 6.07. The molecule has 1 saturated heterocycles. The smallest absolute Gasteiger partial charge is 0.338 e. The Hall–Kier alpha value is -1.84. The molecule has 18 heavy (non-hydrogen) atoms. The number of rotatable bonds is 2. The molecule has 1 aromatic carbocycles. The van der Waals surface area contributed by atoms with Crippen molar-refractivity contribution < 1.29 is 14.3 Å². The number of esters is 1. The van der Waals surface area contributed by atoms with E-state index in [-0.39, 0.29) is 5.97 Å². The third kappa shape index (κ3) is 2.53. The van der Waals surface area contributed by atoms with E-state index in [2.05, 4.69) is 4.90 Å². The number of benzene rings is 1. The number of anilines is 1. The monoisotopic (exact) mass is 247 g/mol. The number of nitrogens with zero attached hydrogens (tertiary/aromatic N) is 1. The van der Waals surface area contributed by atoms with Crippen LogP contribution in [0.3, 0.4) is 0 Å². The third-order valence-electron chi connectivity index (χ3n) is 3.31. The molecule has 0 aromatic heterocycles. The number of ether oxygens (including phenoxy) is 1. The van der Waals surface area contributed by atoms with Crippen LogP contribution < -0.4 is 4.90 Å². The van der Waals surface area contributed by atoms with Crippen molar-refractivity contribution in [2.24, 2.45) is 0 Å². The molecular weight excluding hydrogens is 230 g/mol. The maximum atomic E-state index is 11.6. The number of piperidine rings is 1. The van der Waals surface area contributed by atoms with Gasteiger partial charge in [-0.1, -0.05) is 6.07 Å². The zero-order chi connectivity index (χ0) is 13.1. The minimum atomic E-state index is -0.317. The highest BCUT2D eigenvalue weighted by atomic mass is 16.5. The van der Waals surface area contributed by atoms with Crippen molar-refractivity contribution in [1.82, 2.24) is 0 Å². The van der Waals surface area contributed by atoms with E-state index in [1.54, 1.807) is 0 Å². The molecule has 0 saturated carbocycles. The Morgan fingerprint density at radius 3 is 2.56 bits per heavy atom. The fourth-order valence-corrected chi connectivity index (χ4v) is 2.15. The van der Waals surface area contributed by atoms with Gasteiger partial charge in [0.25, 0.3) is 0 Å². The van der Waals surface area contributed by atoms with E-state index in [1.165, 1.54) is 7.11 Å². The van der Waals surface area contributed by atoms with Gasteiger partial charge in [-0.25, -0.2) is 4.79 Å². The number of carbonyl (C=O) groups excluding carboxylic acids is 2. The second-order valence-electron chi connectivity index (χ2n) is 4.52. The Morgan fingerprint density at radius 2 is 1.94 bits per heavy atom. The summed E-state index contributed by atoms with van der Waals surface area (Å²) in [5, 5.41) is 0. The summed E-state index contributed by atoms with van der Waals surface area (Å²) >= 11 is 0. The topological polar surface area (TPSA) is 46.6 Å². The van der Waals surface area contributed by atoms with Crippen molar-refractivity contribution in [3.8, 4) is 0 Å². The molecule has 0 atom stereocenters. The summed E-state index contributed by atoms with van der Waals surface area (Å²) in [6.07, 6.45) is 1.17. The molecule has 4 nitrogen and oxygen atoms in total. The fraction of sp³-hybridized carbons (Fsp3) is 0.429. The van der Waals surface area contributed by atoms with Crippen molar-refractivity contribution in [3.05, 3.63) is 29.3 Å². The van der Waals surface area contributed by atoms with Gasteiger partial charge in [0.2, 0.25) is 0 Å². The van der Waals surface area contributed by atoms with E-state index in [0.29, 0.717) is 24.2 Å². The van der Waals surface area contributed by atoms with Crippen LogP contribution in [0.1, 0.15) is 28.8 Å². The van der Waals surface area contributed by atoms with Crippen LogP contribution in [0.2, 0.25) is 0 Å². The Balaban J connectivity index is 2.24. The second-order valence-corrected chi connectivity index (χ2v) is 4.52. The lowest BCUT2D eigenvalue weighted by atomic mass is 10.0. The zero-order valence-electron chi connectivity index (χ0n) is 10.7. The molecule has 4 heteroatoms. The number of carbonyl (C=O) groups is 2. The number of ketones is 1. The van der Waals surface area contributed by atoms with Gasteiger partial charge in [-0.05, 0) is 24.6 Å². The van der Waals surface area contributed by atoms with E-state index < -0.39 is 0 Å². The number of hydrogen-bond acceptors (Lipinski definition) is 4. The van der Waals surface area contributed by atoms with Gasteiger partial charge in [0.15, 0.2) is 0 Å². The van der Waals surface area contributed by atoms with Crippen LogP contribution in [0.4, 0.5) is 5.69 Å². The molecule has 96 valence electrons. The summed E-state index contributed by atoms with van der Waals surface area (Å²) in [4.78, 5) is 25.0. The third-order valence-corrected chi connectivity index (χ3v) is 3.31. The van der Waals surface area contributed by atoms with E-state index >= 15 is 0 Å².